The van der Waals surface area contributed by atoms with Crippen LogP contribution in [-0.4, -0.2) is 19.8 Å². The van der Waals surface area contributed by atoms with Crippen LogP contribution in [0.1, 0.15) is 49.5 Å². The van der Waals surface area contributed by atoms with Gasteiger partial charge in [-0.25, -0.2) is 0 Å². The Labute approximate surface area is 104 Å². The van der Waals surface area contributed by atoms with Crippen LogP contribution in [-0.2, 0) is 4.74 Å². The first-order valence-electron chi connectivity index (χ1n) is 6.64. The van der Waals surface area contributed by atoms with Crippen molar-refractivity contribution >= 4 is 0 Å². The van der Waals surface area contributed by atoms with Crippen LogP contribution in [0.2, 0.25) is 0 Å². The Bertz CT molecular complexity index is 329. The average Bonchev–Trinajstić information content (AvgIpc) is 2.96. The van der Waals surface area contributed by atoms with Gasteiger partial charge in [-0.1, -0.05) is 0 Å². The minimum absolute atomic E-state index is 0.412. The van der Waals surface area contributed by atoms with E-state index in [4.69, 9.17) is 9.15 Å². The molecule has 1 aliphatic rings. The van der Waals surface area contributed by atoms with E-state index in [-0.39, 0.29) is 0 Å². The van der Waals surface area contributed by atoms with Gasteiger partial charge in [-0.3, -0.25) is 0 Å². The maximum absolute atomic E-state index is 5.64. The molecule has 1 saturated heterocycles. The predicted molar refractivity (Wildman–Crippen MR) is 68.1 cm³/mol. The average molecular weight is 237 g/mol. The molecule has 0 aromatic carbocycles. The van der Waals surface area contributed by atoms with Gasteiger partial charge in [0.25, 0.3) is 0 Å². The molecular weight excluding hydrogens is 214 g/mol. The zero-order valence-electron chi connectivity index (χ0n) is 10.9. The molecule has 1 N–H and O–H groups in total. The highest BCUT2D eigenvalue weighted by Gasteiger charge is 2.17. The molecule has 2 rings (SSSR count). The van der Waals surface area contributed by atoms with E-state index >= 15 is 0 Å². The molecule has 17 heavy (non-hydrogen) atoms. The molecule has 0 saturated carbocycles. The highest BCUT2D eigenvalue weighted by atomic mass is 16.5. The minimum Gasteiger partial charge on any atom is -0.469 e. The molecule has 1 aromatic rings. The summed E-state index contributed by atoms with van der Waals surface area (Å²) < 4.78 is 11.0. The summed E-state index contributed by atoms with van der Waals surface area (Å²) in [6.45, 7) is 2.99. The number of nitrogens with one attached hydrogen (secondary N) is 1. The maximum atomic E-state index is 5.64. The van der Waals surface area contributed by atoms with E-state index in [2.05, 4.69) is 11.4 Å². The highest BCUT2D eigenvalue weighted by molar-refractivity contribution is 5.19. The van der Waals surface area contributed by atoms with E-state index in [9.17, 15) is 0 Å². The van der Waals surface area contributed by atoms with Crippen molar-refractivity contribution in [3.8, 4) is 0 Å². The second-order valence-corrected chi connectivity index (χ2v) is 4.84. The van der Waals surface area contributed by atoms with Gasteiger partial charge in [-0.05, 0) is 52.1 Å². The number of rotatable bonds is 6. The van der Waals surface area contributed by atoms with Gasteiger partial charge >= 0.3 is 0 Å². The first-order valence-corrected chi connectivity index (χ1v) is 6.64. The molecule has 3 nitrogen and oxygen atoms in total. The third-order valence-corrected chi connectivity index (χ3v) is 3.67. The lowest BCUT2D eigenvalue weighted by Gasteiger charge is -2.16. The fourth-order valence-corrected chi connectivity index (χ4v) is 2.63. The molecule has 0 radical (unpaired) electrons. The maximum Gasteiger partial charge on any atom is 0.105 e. The van der Waals surface area contributed by atoms with Crippen molar-refractivity contribution in [3.05, 3.63) is 23.7 Å². The van der Waals surface area contributed by atoms with E-state index in [1.807, 2.05) is 14.0 Å². The number of furan rings is 1. The van der Waals surface area contributed by atoms with E-state index in [1.54, 1.807) is 6.26 Å². The standard InChI is InChI=1S/C14H23NO2/c1-11-13(8-10-16-11)14(15-2)7-3-5-12-6-4-9-17-12/h8,10,12,14-15H,3-7,9H2,1-2H3. The topological polar surface area (TPSA) is 34.4 Å². The van der Waals surface area contributed by atoms with Crippen molar-refractivity contribution in [2.24, 2.45) is 0 Å². The predicted octanol–water partition coefficient (Wildman–Crippen LogP) is 3.20. The van der Waals surface area contributed by atoms with Crippen LogP contribution in [0, 0.1) is 6.92 Å². The molecule has 1 aliphatic heterocycles. The minimum atomic E-state index is 0.412. The van der Waals surface area contributed by atoms with Crippen molar-refractivity contribution in [1.29, 1.82) is 0 Å². The number of hydrogen-bond donors (Lipinski definition) is 1. The SMILES string of the molecule is CNC(CCCC1CCCO1)c1ccoc1C. The van der Waals surface area contributed by atoms with Gasteiger partial charge in [0.15, 0.2) is 0 Å². The van der Waals surface area contributed by atoms with Crippen molar-refractivity contribution in [2.45, 2.75) is 51.2 Å². The Morgan fingerprint density at radius 2 is 2.41 bits per heavy atom. The summed E-state index contributed by atoms with van der Waals surface area (Å²) in [5.41, 5.74) is 1.29. The number of hydrogen-bond acceptors (Lipinski definition) is 3. The largest absolute Gasteiger partial charge is 0.469 e. The Morgan fingerprint density at radius 3 is 3.00 bits per heavy atom. The summed E-state index contributed by atoms with van der Waals surface area (Å²) in [6.07, 6.45) is 8.32. The van der Waals surface area contributed by atoms with E-state index in [0.29, 0.717) is 12.1 Å². The van der Waals surface area contributed by atoms with Crippen LogP contribution in [0.15, 0.2) is 16.7 Å². The lowest BCUT2D eigenvalue weighted by atomic mass is 10.00. The van der Waals surface area contributed by atoms with Gasteiger partial charge in [-0.2, -0.15) is 0 Å². The molecule has 2 heterocycles. The van der Waals surface area contributed by atoms with Crippen LogP contribution in [0.3, 0.4) is 0 Å². The first-order chi connectivity index (χ1) is 8.31. The summed E-state index contributed by atoms with van der Waals surface area (Å²) in [7, 11) is 2.02. The summed E-state index contributed by atoms with van der Waals surface area (Å²) >= 11 is 0. The second kappa shape index (κ2) is 6.22. The first kappa shape index (κ1) is 12.7. The molecule has 0 amide bonds. The molecule has 0 bridgehead atoms. The van der Waals surface area contributed by atoms with Gasteiger partial charge in [0.05, 0.1) is 12.4 Å². The van der Waals surface area contributed by atoms with E-state index in [1.165, 1.54) is 31.2 Å². The van der Waals surface area contributed by atoms with E-state index in [0.717, 1.165) is 18.8 Å². The van der Waals surface area contributed by atoms with Crippen LogP contribution in [0.5, 0.6) is 0 Å². The fourth-order valence-electron chi connectivity index (χ4n) is 2.63. The Hall–Kier alpha value is -0.800. The molecule has 2 unspecified atom stereocenters. The van der Waals surface area contributed by atoms with Crippen molar-refractivity contribution in [1.82, 2.24) is 5.32 Å². The lowest BCUT2D eigenvalue weighted by Crippen LogP contribution is -2.17. The highest BCUT2D eigenvalue weighted by Crippen LogP contribution is 2.25. The number of aryl methyl sites for hydroxylation is 1. The van der Waals surface area contributed by atoms with Crippen molar-refractivity contribution in [3.63, 3.8) is 0 Å². The quantitative estimate of drug-likeness (QED) is 0.825. The summed E-state index contributed by atoms with van der Waals surface area (Å²) in [5.74, 6) is 1.03. The zero-order chi connectivity index (χ0) is 12.1. The number of ether oxygens (including phenoxy) is 1. The van der Waals surface area contributed by atoms with Gasteiger partial charge in [-0.15, -0.1) is 0 Å². The third-order valence-electron chi connectivity index (χ3n) is 3.67. The van der Waals surface area contributed by atoms with Crippen molar-refractivity contribution in [2.75, 3.05) is 13.7 Å². The Kier molecular flexibility index (Phi) is 4.63. The zero-order valence-corrected chi connectivity index (χ0v) is 10.9. The van der Waals surface area contributed by atoms with Gasteiger partial charge in [0, 0.05) is 18.2 Å². The van der Waals surface area contributed by atoms with Gasteiger partial charge in [0.1, 0.15) is 5.76 Å². The molecule has 2 atom stereocenters. The van der Waals surface area contributed by atoms with Gasteiger partial charge < -0.3 is 14.5 Å². The lowest BCUT2D eigenvalue weighted by molar-refractivity contribution is 0.101. The normalized spacial score (nSPS) is 21.9. The molecule has 1 fully saturated rings. The molecule has 0 aliphatic carbocycles. The molecule has 0 spiro atoms. The van der Waals surface area contributed by atoms with Gasteiger partial charge in [0.2, 0.25) is 0 Å². The van der Waals surface area contributed by atoms with Crippen LogP contribution in [0.25, 0.3) is 0 Å². The van der Waals surface area contributed by atoms with Crippen LogP contribution in [0.4, 0.5) is 0 Å². The molecular formula is C14H23NO2. The van der Waals surface area contributed by atoms with Crippen LogP contribution < -0.4 is 5.32 Å². The smallest absolute Gasteiger partial charge is 0.105 e. The Morgan fingerprint density at radius 1 is 1.53 bits per heavy atom. The fraction of sp³-hybridized carbons (Fsp3) is 0.714. The molecule has 3 heteroatoms. The summed E-state index contributed by atoms with van der Waals surface area (Å²) in [5, 5.41) is 3.37. The van der Waals surface area contributed by atoms with Crippen molar-refractivity contribution < 1.29 is 9.15 Å². The third kappa shape index (κ3) is 3.33. The summed E-state index contributed by atoms with van der Waals surface area (Å²) in [4.78, 5) is 0. The monoisotopic (exact) mass is 237 g/mol. The Balaban J connectivity index is 1.77. The second-order valence-electron chi connectivity index (χ2n) is 4.84. The molecule has 96 valence electrons. The molecule has 1 aromatic heterocycles. The van der Waals surface area contributed by atoms with E-state index < -0.39 is 0 Å². The summed E-state index contributed by atoms with van der Waals surface area (Å²) in [6, 6.07) is 2.48. The van der Waals surface area contributed by atoms with Crippen LogP contribution >= 0.6 is 0 Å².